The molecule has 1 fully saturated rings. The van der Waals surface area contributed by atoms with E-state index in [1.165, 1.54) is 0 Å². The van der Waals surface area contributed by atoms with E-state index in [1.54, 1.807) is 26.4 Å². The molecule has 1 aromatic rings. The summed E-state index contributed by atoms with van der Waals surface area (Å²) in [6.45, 7) is -0.110. The fraction of sp³-hybridized carbons (Fsp3) is 0.533. The first-order valence-corrected chi connectivity index (χ1v) is 7.05. The van der Waals surface area contributed by atoms with Gasteiger partial charge in [-0.15, -0.1) is 12.4 Å². The zero-order valence-electron chi connectivity index (χ0n) is 13.0. The summed E-state index contributed by atoms with van der Waals surface area (Å²) in [5, 5.41) is 5.20. The molecule has 1 amide bonds. The molecule has 1 aliphatic heterocycles. The summed E-state index contributed by atoms with van der Waals surface area (Å²) in [6.07, 6.45) is 0.0660. The van der Waals surface area contributed by atoms with Crippen molar-refractivity contribution in [3.63, 3.8) is 0 Å². The number of amides is 1. The molecule has 0 radical (unpaired) electrons. The maximum absolute atomic E-state index is 13.1. The number of rotatable bonds is 6. The summed E-state index contributed by atoms with van der Waals surface area (Å²) in [4.78, 5) is 11.8. The second kappa shape index (κ2) is 8.31. The molecule has 0 spiro atoms. The standard InChI is InChI=1S/C15H20F2N2O3.ClH/c1-21-11-3-4-13(22-2)10(7-11)5-6-18-14(20)12-8-15(16,17)9-19-12;/h3-4,7,12,19H,5-6,8-9H2,1-2H3,(H,18,20);1H. The summed E-state index contributed by atoms with van der Waals surface area (Å²) < 4.78 is 36.5. The Hall–Kier alpha value is -1.60. The molecule has 23 heavy (non-hydrogen) atoms. The third-order valence-corrected chi connectivity index (χ3v) is 3.61. The van der Waals surface area contributed by atoms with E-state index in [-0.39, 0.29) is 12.4 Å². The van der Waals surface area contributed by atoms with Crippen LogP contribution < -0.4 is 20.1 Å². The van der Waals surface area contributed by atoms with Crippen molar-refractivity contribution >= 4 is 18.3 Å². The number of hydrogen-bond acceptors (Lipinski definition) is 4. The van der Waals surface area contributed by atoms with Crippen LogP contribution in [0.2, 0.25) is 0 Å². The van der Waals surface area contributed by atoms with Crippen LogP contribution in [0.5, 0.6) is 11.5 Å². The van der Waals surface area contributed by atoms with Gasteiger partial charge in [0.25, 0.3) is 5.92 Å². The Kier molecular flexibility index (Phi) is 7.02. The maximum atomic E-state index is 13.1. The zero-order valence-corrected chi connectivity index (χ0v) is 13.8. The van der Waals surface area contributed by atoms with Crippen molar-refractivity contribution in [2.45, 2.75) is 24.8 Å². The van der Waals surface area contributed by atoms with E-state index in [0.29, 0.717) is 24.5 Å². The van der Waals surface area contributed by atoms with Crippen molar-refractivity contribution in [3.8, 4) is 11.5 Å². The van der Waals surface area contributed by atoms with Crippen molar-refractivity contribution < 1.29 is 23.0 Å². The van der Waals surface area contributed by atoms with Gasteiger partial charge in [-0.2, -0.15) is 0 Å². The van der Waals surface area contributed by atoms with Gasteiger partial charge < -0.3 is 14.8 Å². The second-order valence-corrected chi connectivity index (χ2v) is 5.21. The summed E-state index contributed by atoms with van der Waals surface area (Å²) in [7, 11) is 3.13. The van der Waals surface area contributed by atoms with Gasteiger partial charge in [0.05, 0.1) is 26.8 Å². The van der Waals surface area contributed by atoms with Crippen molar-refractivity contribution in [1.29, 1.82) is 0 Å². The molecule has 0 saturated carbocycles. The Balaban J connectivity index is 0.00000264. The van der Waals surface area contributed by atoms with Gasteiger partial charge in [-0.3, -0.25) is 10.1 Å². The van der Waals surface area contributed by atoms with E-state index in [2.05, 4.69) is 10.6 Å². The SMILES string of the molecule is COc1ccc(OC)c(CCNC(=O)C2CC(F)(F)CN2)c1.Cl. The minimum atomic E-state index is -2.81. The van der Waals surface area contributed by atoms with Crippen LogP contribution in [0.3, 0.4) is 0 Å². The molecule has 1 atom stereocenters. The van der Waals surface area contributed by atoms with Crippen LogP contribution in [0, 0.1) is 0 Å². The first kappa shape index (κ1) is 19.4. The number of methoxy groups -OCH3 is 2. The molecule has 1 aliphatic rings. The van der Waals surface area contributed by atoms with E-state index in [0.717, 1.165) is 5.56 Å². The molecule has 1 unspecified atom stereocenters. The molecule has 0 aromatic heterocycles. The predicted molar refractivity (Wildman–Crippen MR) is 84.9 cm³/mol. The van der Waals surface area contributed by atoms with E-state index >= 15 is 0 Å². The highest BCUT2D eigenvalue weighted by Crippen LogP contribution is 2.26. The number of nitrogens with one attached hydrogen (secondary N) is 2. The van der Waals surface area contributed by atoms with Crippen LogP contribution in [0.4, 0.5) is 8.78 Å². The summed E-state index contributed by atoms with van der Waals surface area (Å²) in [5.74, 6) is -1.82. The Morgan fingerprint density at radius 1 is 1.39 bits per heavy atom. The minimum absolute atomic E-state index is 0. The highest BCUT2D eigenvalue weighted by atomic mass is 35.5. The average Bonchev–Trinajstić information content (AvgIpc) is 2.87. The molecule has 130 valence electrons. The lowest BCUT2D eigenvalue weighted by Gasteiger charge is -2.13. The largest absolute Gasteiger partial charge is 0.497 e. The highest BCUT2D eigenvalue weighted by Gasteiger charge is 2.42. The van der Waals surface area contributed by atoms with E-state index in [9.17, 15) is 13.6 Å². The molecular formula is C15H21ClF2N2O3. The van der Waals surface area contributed by atoms with E-state index in [1.807, 2.05) is 6.07 Å². The van der Waals surface area contributed by atoms with E-state index in [4.69, 9.17) is 9.47 Å². The van der Waals surface area contributed by atoms with Crippen LogP contribution in [0.15, 0.2) is 18.2 Å². The monoisotopic (exact) mass is 350 g/mol. The van der Waals surface area contributed by atoms with Gasteiger partial charge in [-0.25, -0.2) is 8.78 Å². The molecular weight excluding hydrogens is 330 g/mol. The third-order valence-electron chi connectivity index (χ3n) is 3.61. The van der Waals surface area contributed by atoms with Gasteiger partial charge in [0.2, 0.25) is 5.91 Å². The number of halogens is 3. The maximum Gasteiger partial charge on any atom is 0.262 e. The van der Waals surface area contributed by atoms with Crippen molar-refractivity contribution in [2.75, 3.05) is 27.3 Å². The van der Waals surface area contributed by atoms with Crippen molar-refractivity contribution in [1.82, 2.24) is 10.6 Å². The molecule has 1 heterocycles. The smallest absolute Gasteiger partial charge is 0.262 e. The molecule has 0 bridgehead atoms. The lowest BCUT2D eigenvalue weighted by molar-refractivity contribution is -0.123. The van der Waals surface area contributed by atoms with Crippen molar-refractivity contribution in [2.24, 2.45) is 0 Å². The minimum Gasteiger partial charge on any atom is -0.497 e. The predicted octanol–water partition coefficient (Wildman–Crippen LogP) is 1.78. The van der Waals surface area contributed by atoms with Crippen LogP contribution in [0.25, 0.3) is 0 Å². The molecule has 2 N–H and O–H groups in total. The van der Waals surface area contributed by atoms with Gasteiger partial charge in [0.1, 0.15) is 11.5 Å². The molecule has 8 heteroatoms. The Morgan fingerprint density at radius 2 is 2.13 bits per heavy atom. The van der Waals surface area contributed by atoms with Gasteiger partial charge in [0.15, 0.2) is 0 Å². The van der Waals surface area contributed by atoms with Crippen molar-refractivity contribution in [3.05, 3.63) is 23.8 Å². The van der Waals surface area contributed by atoms with Gasteiger partial charge in [0, 0.05) is 13.0 Å². The molecule has 1 aromatic carbocycles. The third kappa shape index (κ3) is 5.21. The zero-order chi connectivity index (χ0) is 16.2. The van der Waals surface area contributed by atoms with Crippen LogP contribution in [-0.4, -0.2) is 45.2 Å². The first-order valence-electron chi connectivity index (χ1n) is 7.05. The number of hydrogen-bond donors (Lipinski definition) is 2. The molecule has 2 rings (SSSR count). The number of carbonyl (C=O) groups excluding carboxylic acids is 1. The first-order chi connectivity index (χ1) is 10.4. The van der Waals surface area contributed by atoms with Crippen LogP contribution in [0.1, 0.15) is 12.0 Å². The molecule has 0 aliphatic carbocycles. The van der Waals surface area contributed by atoms with Gasteiger partial charge in [-0.05, 0) is 30.2 Å². The van der Waals surface area contributed by atoms with Crippen LogP contribution in [-0.2, 0) is 11.2 Å². The Bertz CT molecular complexity index is 543. The Labute approximate surface area is 140 Å². The van der Waals surface area contributed by atoms with E-state index < -0.39 is 30.8 Å². The van der Waals surface area contributed by atoms with Crippen LogP contribution >= 0.6 is 12.4 Å². The van der Waals surface area contributed by atoms with Gasteiger partial charge >= 0.3 is 0 Å². The fourth-order valence-electron chi connectivity index (χ4n) is 2.42. The highest BCUT2D eigenvalue weighted by molar-refractivity contribution is 5.85. The molecule has 5 nitrogen and oxygen atoms in total. The second-order valence-electron chi connectivity index (χ2n) is 5.21. The topological polar surface area (TPSA) is 59.6 Å². The lowest BCUT2D eigenvalue weighted by Crippen LogP contribution is -2.41. The lowest BCUT2D eigenvalue weighted by atomic mass is 10.1. The summed E-state index contributed by atoms with van der Waals surface area (Å²) >= 11 is 0. The summed E-state index contributed by atoms with van der Waals surface area (Å²) in [5.41, 5.74) is 0.881. The Morgan fingerprint density at radius 3 is 2.70 bits per heavy atom. The number of carbonyl (C=O) groups is 1. The van der Waals surface area contributed by atoms with Gasteiger partial charge in [-0.1, -0.05) is 0 Å². The average molecular weight is 351 g/mol. The normalized spacial score (nSPS) is 18.9. The number of alkyl halides is 2. The quantitative estimate of drug-likeness (QED) is 0.821. The number of ether oxygens (including phenoxy) is 2. The number of benzene rings is 1. The molecule has 1 saturated heterocycles. The summed E-state index contributed by atoms with van der Waals surface area (Å²) in [6, 6.07) is 4.57. The fourth-order valence-corrected chi connectivity index (χ4v) is 2.42.